The largest absolute Gasteiger partial charge is 0.416 e. The van der Waals surface area contributed by atoms with Crippen LogP contribution in [0.3, 0.4) is 0 Å². The van der Waals surface area contributed by atoms with Crippen molar-refractivity contribution in [1.82, 2.24) is 14.9 Å². The van der Waals surface area contributed by atoms with Crippen LogP contribution in [0.25, 0.3) is 0 Å². The van der Waals surface area contributed by atoms with Gasteiger partial charge in [0.1, 0.15) is 11.6 Å². The molecular weight excluding hydrogens is 465 g/mol. The molecule has 10 heteroatoms. The van der Waals surface area contributed by atoms with Crippen molar-refractivity contribution in [2.24, 2.45) is 0 Å². The maximum atomic E-state index is 13.0. The minimum atomic E-state index is -4.45. The van der Waals surface area contributed by atoms with Crippen molar-refractivity contribution in [3.8, 4) is 0 Å². The van der Waals surface area contributed by atoms with E-state index in [4.69, 9.17) is 11.6 Å². The number of nitrogens with zero attached hydrogens (tertiary/aromatic N) is 5. The van der Waals surface area contributed by atoms with Crippen molar-refractivity contribution in [2.75, 3.05) is 55.4 Å². The zero-order valence-corrected chi connectivity index (χ0v) is 19.7. The van der Waals surface area contributed by atoms with E-state index >= 15 is 0 Å². The van der Waals surface area contributed by atoms with Gasteiger partial charge in [-0.25, -0.2) is 0 Å². The number of anilines is 4. The summed E-state index contributed by atoms with van der Waals surface area (Å²) in [5, 5.41) is 3.02. The lowest BCUT2D eigenvalue weighted by atomic mass is 10.2. The lowest BCUT2D eigenvalue weighted by Crippen LogP contribution is -2.46. The summed E-state index contributed by atoms with van der Waals surface area (Å²) in [5.41, 5.74) is 0.826. The molecule has 34 heavy (non-hydrogen) atoms. The molecule has 1 aromatic heterocycles. The highest BCUT2D eigenvalue weighted by atomic mass is 35.5. The fraction of sp³-hybridized carbons (Fsp3) is 0.333. The number of nitrogens with one attached hydrogen (secondary N) is 1. The lowest BCUT2D eigenvalue weighted by molar-refractivity contribution is -0.137. The van der Waals surface area contributed by atoms with Gasteiger partial charge < -0.3 is 15.1 Å². The predicted octanol–water partition coefficient (Wildman–Crippen LogP) is 5.28. The first kappa shape index (κ1) is 24.1. The standard InChI is InChI=1S/C24H26ClF3N6/c1-32(2)22-15-21(29-20-9-8-18(14-19(20)25)24(26,27)28)30-23(31-22)34-12-10-33(11-13-34)16-17-6-4-3-5-7-17/h3-9,14-15H,10-13,16H2,1-2H3,(H,29,30,31). The molecule has 0 saturated carbocycles. The fourth-order valence-electron chi connectivity index (χ4n) is 3.73. The summed E-state index contributed by atoms with van der Waals surface area (Å²) >= 11 is 6.13. The summed E-state index contributed by atoms with van der Waals surface area (Å²) in [7, 11) is 3.75. The number of aromatic nitrogens is 2. The average Bonchev–Trinajstić information content (AvgIpc) is 2.80. The molecule has 2 aromatic carbocycles. The molecule has 0 unspecified atom stereocenters. The van der Waals surface area contributed by atoms with Gasteiger partial charge >= 0.3 is 6.18 Å². The molecule has 0 spiro atoms. The van der Waals surface area contributed by atoms with Gasteiger partial charge in [-0.2, -0.15) is 23.1 Å². The molecule has 6 nitrogen and oxygen atoms in total. The maximum Gasteiger partial charge on any atom is 0.416 e. The third kappa shape index (κ3) is 5.90. The first-order valence-electron chi connectivity index (χ1n) is 10.9. The van der Waals surface area contributed by atoms with Crippen molar-refractivity contribution in [3.63, 3.8) is 0 Å². The Labute approximate surface area is 202 Å². The van der Waals surface area contributed by atoms with Gasteiger partial charge in [0.15, 0.2) is 0 Å². The van der Waals surface area contributed by atoms with Crippen LogP contribution < -0.4 is 15.1 Å². The number of rotatable bonds is 6. The van der Waals surface area contributed by atoms with Gasteiger partial charge in [0.05, 0.1) is 16.3 Å². The number of hydrogen-bond donors (Lipinski definition) is 1. The van der Waals surface area contributed by atoms with E-state index in [-0.39, 0.29) is 5.02 Å². The number of hydrogen-bond acceptors (Lipinski definition) is 6. The Bertz CT molecular complexity index is 1120. The summed E-state index contributed by atoms with van der Waals surface area (Å²) in [6, 6.07) is 15.3. The Morgan fingerprint density at radius 1 is 0.971 bits per heavy atom. The van der Waals surface area contributed by atoms with Gasteiger partial charge in [-0.1, -0.05) is 41.9 Å². The normalized spacial score (nSPS) is 14.8. The van der Waals surface area contributed by atoms with Gasteiger partial charge in [0, 0.05) is 52.9 Å². The zero-order chi connectivity index (χ0) is 24.3. The third-order valence-electron chi connectivity index (χ3n) is 5.62. The molecular formula is C24H26ClF3N6. The molecule has 0 radical (unpaired) electrons. The van der Waals surface area contributed by atoms with E-state index < -0.39 is 11.7 Å². The summed E-state index contributed by atoms with van der Waals surface area (Å²) in [5.74, 6) is 1.71. The Hall–Kier alpha value is -3.04. The highest BCUT2D eigenvalue weighted by Crippen LogP contribution is 2.35. The van der Waals surface area contributed by atoms with E-state index in [0.717, 1.165) is 44.9 Å². The van der Waals surface area contributed by atoms with E-state index in [1.165, 1.54) is 11.6 Å². The molecule has 1 fully saturated rings. The van der Waals surface area contributed by atoms with Crippen LogP contribution in [0.15, 0.2) is 54.6 Å². The quantitative estimate of drug-likeness (QED) is 0.507. The molecule has 2 heterocycles. The van der Waals surface area contributed by atoms with Gasteiger partial charge in [0.2, 0.25) is 5.95 Å². The number of piperazine rings is 1. The van der Waals surface area contributed by atoms with Gasteiger partial charge in [-0.15, -0.1) is 0 Å². The van der Waals surface area contributed by atoms with Crippen LogP contribution in [0.5, 0.6) is 0 Å². The fourth-order valence-corrected chi connectivity index (χ4v) is 3.96. The molecule has 0 aliphatic carbocycles. The van der Waals surface area contributed by atoms with Crippen molar-refractivity contribution >= 4 is 34.9 Å². The lowest BCUT2D eigenvalue weighted by Gasteiger charge is -2.35. The molecule has 3 aromatic rings. The third-order valence-corrected chi connectivity index (χ3v) is 5.94. The second-order valence-corrected chi connectivity index (χ2v) is 8.78. The van der Waals surface area contributed by atoms with Crippen LogP contribution in [-0.2, 0) is 12.7 Å². The Kier molecular flexibility index (Phi) is 7.13. The van der Waals surface area contributed by atoms with E-state index in [1.807, 2.05) is 37.2 Å². The summed E-state index contributed by atoms with van der Waals surface area (Å²) in [6.07, 6.45) is -4.45. The summed E-state index contributed by atoms with van der Waals surface area (Å²) < 4.78 is 38.9. The Morgan fingerprint density at radius 3 is 2.29 bits per heavy atom. The summed E-state index contributed by atoms with van der Waals surface area (Å²) in [6.45, 7) is 4.18. The van der Waals surface area contributed by atoms with Crippen molar-refractivity contribution in [1.29, 1.82) is 0 Å². The molecule has 4 rings (SSSR count). The van der Waals surface area contributed by atoms with Crippen molar-refractivity contribution in [2.45, 2.75) is 12.7 Å². The minimum Gasteiger partial charge on any atom is -0.363 e. The Morgan fingerprint density at radius 2 is 1.68 bits per heavy atom. The molecule has 1 aliphatic rings. The van der Waals surface area contributed by atoms with Gasteiger partial charge in [0.25, 0.3) is 0 Å². The highest BCUT2D eigenvalue weighted by Gasteiger charge is 2.31. The highest BCUT2D eigenvalue weighted by molar-refractivity contribution is 6.33. The number of benzene rings is 2. The van der Waals surface area contributed by atoms with Crippen LogP contribution in [0.4, 0.5) is 36.4 Å². The average molecular weight is 491 g/mol. The van der Waals surface area contributed by atoms with Crippen molar-refractivity contribution in [3.05, 3.63) is 70.7 Å². The second kappa shape index (κ2) is 10.1. The molecule has 0 amide bonds. The topological polar surface area (TPSA) is 47.5 Å². The van der Waals surface area contributed by atoms with Crippen LogP contribution in [-0.4, -0.2) is 55.1 Å². The molecule has 180 valence electrons. The first-order chi connectivity index (χ1) is 16.2. The Balaban J connectivity index is 1.50. The second-order valence-electron chi connectivity index (χ2n) is 8.37. The monoisotopic (exact) mass is 490 g/mol. The number of alkyl halides is 3. The molecule has 1 aliphatic heterocycles. The van der Waals surface area contributed by atoms with E-state index in [2.05, 4.69) is 37.2 Å². The minimum absolute atomic E-state index is 0.0316. The SMILES string of the molecule is CN(C)c1cc(Nc2ccc(C(F)(F)F)cc2Cl)nc(N2CCN(Cc3ccccc3)CC2)n1. The van der Waals surface area contributed by atoms with Crippen molar-refractivity contribution < 1.29 is 13.2 Å². The van der Waals surface area contributed by atoms with E-state index in [0.29, 0.717) is 23.3 Å². The smallest absolute Gasteiger partial charge is 0.363 e. The van der Waals surface area contributed by atoms with Gasteiger partial charge in [-0.05, 0) is 23.8 Å². The molecule has 1 N–H and O–H groups in total. The number of halogens is 4. The van der Waals surface area contributed by atoms with Gasteiger partial charge in [-0.3, -0.25) is 4.90 Å². The van der Waals surface area contributed by atoms with E-state index in [9.17, 15) is 13.2 Å². The van der Waals surface area contributed by atoms with Crippen LogP contribution >= 0.6 is 11.6 Å². The summed E-state index contributed by atoms with van der Waals surface area (Å²) in [4.78, 5) is 15.7. The first-order valence-corrected chi connectivity index (χ1v) is 11.3. The molecule has 0 atom stereocenters. The zero-order valence-electron chi connectivity index (χ0n) is 19.0. The maximum absolute atomic E-state index is 13.0. The van der Waals surface area contributed by atoms with Crippen LogP contribution in [0, 0.1) is 0 Å². The van der Waals surface area contributed by atoms with E-state index in [1.54, 1.807) is 6.07 Å². The van der Waals surface area contributed by atoms with Crippen LogP contribution in [0.2, 0.25) is 5.02 Å². The predicted molar refractivity (Wildman–Crippen MR) is 130 cm³/mol. The van der Waals surface area contributed by atoms with Crippen LogP contribution in [0.1, 0.15) is 11.1 Å². The molecule has 0 bridgehead atoms. The molecule has 1 saturated heterocycles.